The highest BCUT2D eigenvalue weighted by molar-refractivity contribution is 7.47. The Hall–Kier alpha value is -1.94. The van der Waals surface area contributed by atoms with Gasteiger partial charge < -0.3 is 33.8 Å². The summed E-state index contributed by atoms with van der Waals surface area (Å²) in [4.78, 5) is 73.0. The summed E-state index contributed by atoms with van der Waals surface area (Å²) in [6.45, 7) is 7.35. The molecule has 0 amide bonds. The summed E-state index contributed by atoms with van der Waals surface area (Å²) in [5, 5.41) is 10.6. The van der Waals surface area contributed by atoms with Gasteiger partial charge in [-0.1, -0.05) is 381 Å². The first-order valence-corrected chi connectivity index (χ1v) is 45.1. The Kier molecular flexibility index (Phi) is 72.5. The van der Waals surface area contributed by atoms with Gasteiger partial charge in [0.25, 0.3) is 0 Å². The molecular weight excluding hydrogens is 1310 g/mol. The first kappa shape index (κ1) is 98.1. The van der Waals surface area contributed by atoms with Crippen molar-refractivity contribution in [3.63, 3.8) is 0 Å². The van der Waals surface area contributed by atoms with Gasteiger partial charge in [0.2, 0.25) is 0 Å². The lowest BCUT2D eigenvalue weighted by molar-refractivity contribution is -0.161. The maximum absolute atomic E-state index is 13.1. The van der Waals surface area contributed by atoms with Gasteiger partial charge in [-0.2, -0.15) is 0 Å². The number of carbonyl (C=O) groups excluding carboxylic acids is 4. The number of phosphoric ester groups is 2. The van der Waals surface area contributed by atoms with E-state index in [1.807, 2.05) is 0 Å². The van der Waals surface area contributed by atoms with Gasteiger partial charge in [0.1, 0.15) is 19.3 Å². The molecule has 0 aromatic heterocycles. The molecule has 0 heterocycles. The molecule has 5 atom stereocenters. The van der Waals surface area contributed by atoms with Crippen molar-refractivity contribution in [3.8, 4) is 0 Å². The number of hydrogen-bond acceptors (Lipinski definition) is 15. The number of aliphatic hydroxyl groups is 1. The molecule has 0 aromatic carbocycles. The molecule has 0 fully saturated rings. The highest BCUT2D eigenvalue weighted by Crippen LogP contribution is 2.45. The van der Waals surface area contributed by atoms with Gasteiger partial charge in [0.15, 0.2) is 12.2 Å². The van der Waals surface area contributed by atoms with E-state index in [-0.39, 0.29) is 25.7 Å². The van der Waals surface area contributed by atoms with E-state index in [9.17, 15) is 43.2 Å². The van der Waals surface area contributed by atoms with Crippen LogP contribution in [-0.4, -0.2) is 96.7 Å². The normalized spacial score (nSPS) is 13.8. The lowest BCUT2D eigenvalue weighted by Crippen LogP contribution is -2.30. The van der Waals surface area contributed by atoms with Crippen LogP contribution < -0.4 is 0 Å². The third-order valence-electron chi connectivity index (χ3n) is 19.0. The first-order valence-electron chi connectivity index (χ1n) is 42.1. The van der Waals surface area contributed by atoms with Crippen molar-refractivity contribution in [1.82, 2.24) is 0 Å². The largest absolute Gasteiger partial charge is 0.472 e. The first-order chi connectivity index (χ1) is 48.5. The fourth-order valence-electron chi connectivity index (χ4n) is 12.6. The molecule has 0 radical (unpaired) electrons. The molecule has 17 nitrogen and oxygen atoms in total. The predicted molar refractivity (Wildman–Crippen MR) is 409 cm³/mol. The summed E-state index contributed by atoms with van der Waals surface area (Å²) in [7, 11) is -9.92. The molecule has 0 bridgehead atoms. The molecule has 19 heteroatoms. The number of carbonyl (C=O) groups is 4. The van der Waals surface area contributed by atoms with Crippen LogP contribution in [0.1, 0.15) is 433 Å². The summed E-state index contributed by atoms with van der Waals surface area (Å²) >= 11 is 0. The van der Waals surface area contributed by atoms with Gasteiger partial charge >= 0.3 is 39.5 Å². The molecule has 100 heavy (non-hydrogen) atoms. The van der Waals surface area contributed by atoms with E-state index < -0.39 is 97.5 Å². The van der Waals surface area contributed by atoms with Gasteiger partial charge in [-0.3, -0.25) is 37.3 Å². The lowest BCUT2D eigenvalue weighted by atomic mass is 10.0. The van der Waals surface area contributed by atoms with Crippen LogP contribution in [0.15, 0.2) is 0 Å². The maximum Gasteiger partial charge on any atom is 0.472 e. The zero-order valence-electron chi connectivity index (χ0n) is 65.3. The molecular formula is C81H158O17P2. The third kappa shape index (κ3) is 74.3. The van der Waals surface area contributed by atoms with Gasteiger partial charge in [-0.15, -0.1) is 0 Å². The average molecular weight is 1470 g/mol. The van der Waals surface area contributed by atoms with Crippen LogP contribution in [0.3, 0.4) is 0 Å². The maximum atomic E-state index is 13.1. The summed E-state index contributed by atoms with van der Waals surface area (Å²) in [5.41, 5.74) is 0. The van der Waals surface area contributed by atoms with Crippen molar-refractivity contribution in [2.24, 2.45) is 5.92 Å². The van der Waals surface area contributed by atoms with Gasteiger partial charge in [-0.25, -0.2) is 9.13 Å². The quantitative estimate of drug-likeness (QED) is 0.0222. The van der Waals surface area contributed by atoms with Gasteiger partial charge in [0.05, 0.1) is 26.4 Å². The van der Waals surface area contributed by atoms with E-state index >= 15 is 0 Å². The van der Waals surface area contributed by atoms with Crippen LogP contribution in [-0.2, 0) is 65.4 Å². The standard InChI is InChI=1S/C81H158O17P2/c1-6-9-12-15-18-21-24-26-28-30-32-36-40-45-50-55-60-65-79(84)92-71-77(98-80(85)66-61-56-51-46-41-37-33-31-29-27-25-22-19-16-13-10-7-2)73-96-100(89,90)94-69-75(82)68-93-99(87,88)95-72-76(70-91-78(83)64-59-54-49-44-23-20-17-14-11-8-3)97-81(86)67-62-57-52-47-42-38-34-35-39-43-48-53-58-63-74(4)5/h74-77,82H,6-73H2,1-5H3,(H,87,88)(H,89,90)/t75-,76+,77+/m0/s1. The molecule has 0 aliphatic heterocycles. The highest BCUT2D eigenvalue weighted by Gasteiger charge is 2.30. The van der Waals surface area contributed by atoms with Crippen LogP contribution in [0.25, 0.3) is 0 Å². The lowest BCUT2D eigenvalue weighted by Gasteiger charge is -2.21. The van der Waals surface area contributed by atoms with Gasteiger partial charge in [-0.05, 0) is 31.6 Å². The molecule has 0 aromatic rings. The molecule has 594 valence electrons. The number of unbranched alkanes of at least 4 members (excludes halogenated alkanes) is 53. The van der Waals surface area contributed by atoms with E-state index in [0.717, 1.165) is 95.8 Å². The Morgan fingerprint density at radius 2 is 0.460 bits per heavy atom. The minimum absolute atomic E-state index is 0.108. The SMILES string of the molecule is CCCCCCCCCCCCCCCCCCCC(=O)OC[C@H](COP(=O)(O)OC[C@@H](O)COP(=O)(O)OC[C@@H](COC(=O)CCCCCCCCCCCC)OC(=O)CCCCCCCCCCCCCCCC(C)C)OC(=O)CCCCCCCCCCCCCCCCCCC. The predicted octanol–water partition coefficient (Wildman–Crippen LogP) is 24.4. The van der Waals surface area contributed by atoms with Crippen LogP contribution in [0.2, 0.25) is 0 Å². The van der Waals surface area contributed by atoms with E-state index in [2.05, 4.69) is 34.6 Å². The molecule has 0 aliphatic carbocycles. The minimum atomic E-state index is -4.96. The Morgan fingerprint density at radius 3 is 0.680 bits per heavy atom. The number of rotatable bonds is 81. The molecule has 0 saturated heterocycles. The van der Waals surface area contributed by atoms with Crippen molar-refractivity contribution in [1.29, 1.82) is 0 Å². The van der Waals surface area contributed by atoms with Gasteiger partial charge in [0, 0.05) is 25.7 Å². The van der Waals surface area contributed by atoms with Crippen molar-refractivity contribution in [2.75, 3.05) is 39.6 Å². The van der Waals surface area contributed by atoms with Crippen LogP contribution >= 0.6 is 15.6 Å². The summed E-state index contributed by atoms with van der Waals surface area (Å²) in [5.74, 6) is -1.32. The number of phosphoric acid groups is 2. The molecule has 0 saturated carbocycles. The summed E-state index contributed by atoms with van der Waals surface area (Å²) in [6, 6.07) is 0. The van der Waals surface area contributed by atoms with Crippen molar-refractivity contribution in [2.45, 2.75) is 451 Å². The van der Waals surface area contributed by atoms with E-state index in [1.165, 1.54) is 257 Å². The summed E-state index contributed by atoms with van der Waals surface area (Å²) < 4.78 is 68.7. The number of aliphatic hydroxyl groups excluding tert-OH is 1. The molecule has 0 rings (SSSR count). The second-order valence-corrected chi connectivity index (χ2v) is 32.5. The fourth-order valence-corrected chi connectivity index (χ4v) is 14.2. The van der Waals surface area contributed by atoms with Crippen molar-refractivity contribution >= 4 is 39.5 Å². The number of esters is 4. The Bertz CT molecular complexity index is 1910. The zero-order valence-corrected chi connectivity index (χ0v) is 67.1. The number of ether oxygens (including phenoxy) is 4. The molecule has 3 N–H and O–H groups in total. The number of hydrogen-bond donors (Lipinski definition) is 3. The average Bonchev–Trinajstić information content (AvgIpc) is 0.937. The Morgan fingerprint density at radius 1 is 0.270 bits per heavy atom. The Labute approximate surface area is 613 Å². The van der Waals surface area contributed by atoms with E-state index in [4.69, 9.17) is 37.0 Å². The van der Waals surface area contributed by atoms with E-state index in [0.29, 0.717) is 25.7 Å². The minimum Gasteiger partial charge on any atom is -0.462 e. The van der Waals surface area contributed by atoms with Crippen LogP contribution in [0, 0.1) is 5.92 Å². The Balaban J connectivity index is 5.24. The third-order valence-corrected chi connectivity index (χ3v) is 20.9. The van der Waals surface area contributed by atoms with Crippen molar-refractivity contribution in [3.05, 3.63) is 0 Å². The van der Waals surface area contributed by atoms with Crippen LogP contribution in [0.4, 0.5) is 0 Å². The molecule has 0 spiro atoms. The van der Waals surface area contributed by atoms with E-state index in [1.54, 1.807) is 0 Å². The highest BCUT2D eigenvalue weighted by atomic mass is 31.2. The topological polar surface area (TPSA) is 237 Å². The second-order valence-electron chi connectivity index (χ2n) is 29.6. The zero-order chi connectivity index (χ0) is 73.4. The second kappa shape index (κ2) is 73.9. The van der Waals surface area contributed by atoms with Crippen molar-refractivity contribution < 1.29 is 80.2 Å². The molecule has 2 unspecified atom stereocenters. The monoisotopic (exact) mass is 1470 g/mol. The molecule has 0 aliphatic rings. The fraction of sp³-hybridized carbons (Fsp3) is 0.951. The van der Waals surface area contributed by atoms with Crippen LogP contribution in [0.5, 0.6) is 0 Å². The summed E-state index contributed by atoms with van der Waals surface area (Å²) in [6.07, 6.45) is 65.1. The smallest absolute Gasteiger partial charge is 0.462 e.